The molecule has 0 unspecified atom stereocenters. The number of sulfonamides is 1. The summed E-state index contributed by atoms with van der Waals surface area (Å²) in [6.07, 6.45) is 1.97. The summed E-state index contributed by atoms with van der Waals surface area (Å²) in [4.78, 5) is 13.9. The number of ether oxygens (including phenoxy) is 1. The number of methoxy groups -OCH3 is 1. The zero-order valence-corrected chi connectivity index (χ0v) is 17.3. The van der Waals surface area contributed by atoms with Gasteiger partial charge < -0.3 is 9.64 Å². The van der Waals surface area contributed by atoms with Gasteiger partial charge in [0.25, 0.3) is 10.0 Å². The maximum Gasteiger partial charge on any atom is 0.265 e. The van der Waals surface area contributed by atoms with E-state index in [-0.39, 0.29) is 10.8 Å². The van der Waals surface area contributed by atoms with Crippen LogP contribution in [0.5, 0.6) is 5.75 Å². The molecule has 1 amide bonds. The number of rotatable bonds is 6. The molecule has 28 heavy (non-hydrogen) atoms. The molecule has 0 bridgehead atoms. The van der Waals surface area contributed by atoms with E-state index >= 15 is 0 Å². The summed E-state index contributed by atoms with van der Waals surface area (Å²) < 4.78 is 33.9. The number of aryl methyl sites for hydroxylation is 1. The Hall–Kier alpha value is -2.54. The number of amides is 1. The molecule has 0 saturated heterocycles. The topological polar surface area (TPSA) is 75.7 Å². The molecule has 2 aromatic rings. The first kappa shape index (κ1) is 20.2. The molecule has 0 fully saturated rings. The van der Waals surface area contributed by atoms with E-state index in [0.717, 1.165) is 29.5 Å². The van der Waals surface area contributed by atoms with Gasteiger partial charge in [0, 0.05) is 25.2 Å². The van der Waals surface area contributed by atoms with Gasteiger partial charge in [-0.3, -0.25) is 9.52 Å². The molecule has 0 aromatic heterocycles. The number of nitrogens with zero attached hydrogens (tertiary/aromatic N) is 1. The van der Waals surface area contributed by atoms with Crippen LogP contribution in [0.4, 0.5) is 5.69 Å². The van der Waals surface area contributed by atoms with E-state index in [1.54, 1.807) is 18.2 Å². The highest BCUT2D eigenvalue weighted by Gasteiger charge is 2.23. The van der Waals surface area contributed by atoms with Crippen molar-refractivity contribution < 1.29 is 17.9 Å². The summed E-state index contributed by atoms with van der Waals surface area (Å²) >= 11 is 0. The number of hydrogen-bond donors (Lipinski definition) is 1. The lowest BCUT2D eigenvalue weighted by molar-refractivity contribution is -0.131. The van der Waals surface area contributed by atoms with Crippen LogP contribution in [0.2, 0.25) is 0 Å². The summed E-state index contributed by atoms with van der Waals surface area (Å²) in [5, 5.41) is 0. The molecule has 0 saturated carbocycles. The van der Waals surface area contributed by atoms with Gasteiger partial charge in [-0.2, -0.15) is 0 Å². The monoisotopic (exact) mass is 402 g/mol. The predicted molar refractivity (Wildman–Crippen MR) is 109 cm³/mol. The Bertz CT molecular complexity index is 986. The van der Waals surface area contributed by atoms with Crippen molar-refractivity contribution in [2.24, 2.45) is 0 Å². The van der Waals surface area contributed by atoms with E-state index in [2.05, 4.69) is 4.72 Å². The lowest BCUT2D eigenvalue weighted by atomic mass is 9.99. The Morgan fingerprint density at radius 1 is 1.14 bits per heavy atom. The standard InChI is InChI=1S/C21H26N2O4S/c1-4-15-6-9-19(27-3)20(12-15)28(25,26)22-18-8-7-16-10-11-23(21(24)5-2)14-17(16)13-18/h6-9,12-13,22H,4-5,10-11,14H2,1-3H3. The fourth-order valence-electron chi connectivity index (χ4n) is 3.42. The largest absolute Gasteiger partial charge is 0.495 e. The number of benzene rings is 2. The molecule has 0 spiro atoms. The number of hydrogen-bond acceptors (Lipinski definition) is 4. The minimum atomic E-state index is -3.81. The van der Waals surface area contributed by atoms with Gasteiger partial charge in [-0.1, -0.05) is 26.0 Å². The molecule has 1 heterocycles. The molecular weight excluding hydrogens is 376 g/mol. The maximum absolute atomic E-state index is 13.0. The summed E-state index contributed by atoms with van der Waals surface area (Å²) in [5.74, 6) is 0.417. The van der Waals surface area contributed by atoms with Gasteiger partial charge >= 0.3 is 0 Å². The van der Waals surface area contributed by atoms with Crippen LogP contribution in [0.25, 0.3) is 0 Å². The number of fused-ring (bicyclic) bond motifs is 1. The van der Waals surface area contributed by atoms with Crippen LogP contribution >= 0.6 is 0 Å². The van der Waals surface area contributed by atoms with Gasteiger partial charge in [-0.25, -0.2) is 8.42 Å². The normalized spacial score (nSPS) is 13.8. The highest BCUT2D eigenvalue weighted by molar-refractivity contribution is 7.92. The van der Waals surface area contributed by atoms with Crippen molar-refractivity contribution in [2.45, 2.75) is 44.6 Å². The first-order valence-corrected chi connectivity index (χ1v) is 11.0. The summed E-state index contributed by atoms with van der Waals surface area (Å²) in [7, 11) is -2.35. The third kappa shape index (κ3) is 4.14. The summed E-state index contributed by atoms with van der Waals surface area (Å²) in [6.45, 7) is 5.02. The fourth-order valence-corrected chi connectivity index (χ4v) is 4.69. The Balaban J connectivity index is 1.89. The number of nitrogens with one attached hydrogen (secondary N) is 1. The van der Waals surface area contributed by atoms with Crippen molar-refractivity contribution >= 4 is 21.6 Å². The van der Waals surface area contributed by atoms with Crippen LogP contribution in [-0.2, 0) is 34.2 Å². The van der Waals surface area contributed by atoms with Gasteiger partial charge in [0.2, 0.25) is 5.91 Å². The summed E-state index contributed by atoms with van der Waals surface area (Å²) in [6, 6.07) is 10.7. The third-order valence-electron chi connectivity index (χ3n) is 5.05. The zero-order valence-electron chi connectivity index (χ0n) is 16.5. The molecular formula is C21H26N2O4S. The van der Waals surface area contributed by atoms with E-state index in [1.807, 2.05) is 36.9 Å². The number of carbonyl (C=O) groups excluding carboxylic acids is 1. The van der Waals surface area contributed by atoms with E-state index in [9.17, 15) is 13.2 Å². The van der Waals surface area contributed by atoms with Gasteiger partial charge in [0.1, 0.15) is 10.6 Å². The highest BCUT2D eigenvalue weighted by Crippen LogP contribution is 2.29. The molecule has 0 aliphatic carbocycles. The first-order valence-electron chi connectivity index (χ1n) is 9.47. The minimum absolute atomic E-state index is 0.109. The van der Waals surface area contributed by atoms with Crippen LogP contribution in [0.3, 0.4) is 0 Å². The molecule has 0 atom stereocenters. The predicted octanol–water partition coefficient (Wildman–Crippen LogP) is 3.35. The van der Waals surface area contributed by atoms with Crippen LogP contribution in [0, 0.1) is 0 Å². The van der Waals surface area contributed by atoms with E-state index in [1.165, 1.54) is 7.11 Å². The smallest absolute Gasteiger partial charge is 0.265 e. The summed E-state index contributed by atoms with van der Waals surface area (Å²) in [5.41, 5.74) is 3.52. The fraction of sp³-hybridized carbons (Fsp3) is 0.381. The van der Waals surface area contributed by atoms with Gasteiger partial charge in [0.15, 0.2) is 0 Å². The molecule has 6 nitrogen and oxygen atoms in total. The Labute approximate surface area is 166 Å². The first-order chi connectivity index (χ1) is 13.4. The lowest BCUT2D eigenvalue weighted by Gasteiger charge is -2.29. The quantitative estimate of drug-likeness (QED) is 0.804. The minimum Gasteiger partial charge on any atom is -0.495 e. The second-order valence-electron chi connectivity index (χ2n) is 6.85. The van der Waals surface area contributed by atoms with Crippen molar-refractivity contribution in [3.63, 3.8) is 0 Å². The number of carbonyl (C=O) groups is 1. The second-order valence-corrected chi connectivity index (χ2v) is 8.50. The van der Waals surface area contributed by atoms with E-state index < -0.39 is 10.0 Å². The van der Waals surface area contributed by atoms with E-state index in [0.29, 0.717) is 30.9 Å². The van der Waals surface area contributed by atoms with Crippen LogP contribution in [0.15, 0.2) is 41.3 Å². The van der Waals surface area contributed by atoms with Crippen LogP contribution in [0.1, 0.15) is 37.0 Å². The average molecular weight is 403 g/mol. The Morgan fingerprint density at radius 2 is 1.93 bits per heavy atom. The molecule has 1 aliphatic heterocycles. The molecule has 150 valence electrons. The van der Waals surface area contributed by atoms with Crippen LogP contribution < -0.4 is 9.46 Å². The molecule has 1 aliphatic rings. The molecule has 1 N–H and O–H groups in total. The van der Waals surface area contributed by atoms with Crippen molar-refractivity contribution in [1.29, 1.82) is 0 Å². The Kier molecular flexibility index (Phi) is 5.93. The maximum atomic E-state index is 13.0. The van der Waals surface area contributed by atoms with Gasteiger partial charge in [-0.05, 0) is 53.8 Å². The van der Waals surface area contributed by atoms with Crippen LogP contribution in [-0.4, -0.2) is 32.9 Å². The van der Waals surface area contributed by atoms with Crippen molar-refractivity contribution in [3.8, 4) is 5.75 Å². The van der Waals surface area contributed by atoms with Crippen molar-refractivity contribution in [3.05, 3.63) is 53.1 Å². The lowest BCUT2D eigenvalue weighted by Crippen LogP contribution is -2.35. The second kappa shape index (κ2) is 8.22. The molecule has 2 aromatic carbocycles. The number of anilines is 1. The Morgan fingerprint density at radius 3 is 2.61 bits per heavy atom. The average Bonchev–Trinajstić information content (AvgIpc) is 2.71. The highest BCUT2D eigenvalue weighted by atomic mass is 32.2. The van der Waals surface area contributed by atoms with Gasteiger partial charge in [0.05, 0.1) is 7.11 Å². The van der Waals surface area contributed by atoms with Crippen molar-refractivity contribution in [1.82, 2.24) is 4.90 Å². The zero-order chi connectivity index (χ0) is 20.3. The molecule has 7 heteroatoms. The SMILES string of the molecule is CCC(=O)N1CCc2ccc(NS(=O)(=O)c3cc(CC)ccc3OC)cc2C1. The van der Waals surface area contributed by atoms with E-state index in [4.69, 9.17) is 4.74 Å². The molecule has 3 rings (SSSR count). The van der Waals surface area contributed by atoms with Gasteiger partial charge in [-0.15, -0.1) is 0 Å². The molecule has 0 radical (unpaired) electrons. The third-order valence-corrected chi connectivity index (χ3v) is 6.45. The van der Waals surface area contributed by atoms with Crippen molar-refractivity contribution in [2.75, 3.05) is 18.4 Å².